The molecule has 1 heterocycles. The zero-order valence-electron chi connectivity index (χ0n) is 11.6. The van der Waals surface area contributed by atoms with Gasteiger partial charge in [0.2, 0.25) is 5.91 Å². The van der Waals surface area contributed by atoms with E-state index in [1.165, 1.54) is 24.3 Å². The second-order valence-electron chi connectivity index (χ2n) is 5.03. The molecule has 1 N–H and O–H groups in total. The minimum absolute atomic E-state index is 0.00289. The number of rotatable bonds is 4. The summed E-state index contributed by atoms with van der Waals surface area (Å²) in [6.07, 6.45) is -2.89. The van der Waals surface area contributed by atoms with E-state index < -0.39 is 6.36 Å². The highest BCUT2D eigenvalue weighted by Gasteiger charge is 2.31. The summed E-state index contributed by atoms with van der Waals surface area (Å²) in [4.78, 5) is 13.7. The van der Waals surface area contributed by atoms with Crippen molar-refractivity contribution in [2.24, 2.45) is 0 Å². The van der Waals surface area contributed by atoms with E-state index in [0.29, 0.717) is 6.54 Å². The van der Waals surface area contributed by atoms with E-state index in [0.717, 1.165) is 24.9 Å². The summed E-state index contributed by atoms with van der Waals surface area (Å²) in [5, 5.41) is 3.12. The Labute approximate surface area is 120 Å². The molecule has 7 heteroatoms. The van der Waals surface area contributed by atoms with Crippen LogP contribution in [0.4, 0.5) is 13.2 Å². The molecule has 0 bridgehead atoms. The molecule has 0 aromatic heterocycles. The number of carbonyl (C=O) groups is 1. The van der Waals surface area contributed by atoms with E-state index in [4.69, 9.17) is 0 Å². The maximum Gasteiger partial charge on any atom is 0.573 e. The van der Waals surface area contributed by atoms with Crippen LogP contribution in [0.25, 0.3) is 0 Å². The molecule has 1 amide bonds. The van der Waals surface area contributed by atoms with E-state index in [1.807, 2.05) is 0 Å². The molecule has 0 aliphatic carbocycles. The Hall–Kier alpha value is -1.76. The highest BCUT2D eigenvalue weighted by molar-refractivity contribution is 5.81. The summed E-state index contributed by atoms with van der Waals surface area (Å²) < 4.78 is 39.9. The van der Waals surface area contributed by atoms with Crippen molar-refractivity contribution in [3.63, 3.8) is 0 Å². The van der Waals surface area contributed by atoms with Gasteiger partial charge in [-0.15, -0.1) is 13.2 Å². The summed E-state index contributed by atoms with van der Waals surface area (Å²) in [5.41, 5.74) is 0.748. The number of hydrogen-bond donors (Lipinski definition) is 1. The fourth-order valence-corrected chi connectivity index (χ4v) is 2.31. The number of amides is 1. The molecule has 0 saturated carbocycles. The number of halogens is 3. The molecule has 1 aliphatic rings. The second-order valence-corrected chi connectivity index (χ2v) is 5.03. The van der Waals surface area contributed by atoms with Crippen LogP contribution in [-0.2, 0) is 11.3 Å². The Morgan fingerprint density at radius 3 is 2.57 bits per heavy atom. The first-order chi connectivity index (χ1) is 9.85. The zero-order valence-corrected chi connectivity index (χ0v) is 11.6. The summed E-state index contributed by atoms with van der Waals surface area (Å²) in [6.45, 7) is 1.19. The third kappa shape index (κ3) is 4.63. The van der Waals surface area contributed by atoms with E-state index in [1.54, 1.807) is 11.9 Å². The largest absolute Gasteiger partial charge is 0.573 e. The third-order valence-corrected chi connectivity index (χ3v) is 3.31. The van der Waals surface area contributed by atoms with Crippen molar-refractivity contribution in [2.75, 3.05) is 13.6 Å². The first-order valence-corrected chi connectivity index (χ1v) is 6.68. The Bertz CT molecular complexity index is 482. The lowest BCUT2D eigenvalue weighted by molar-refractivity contribution is -0.274. The molecule has 4 nitrogen and oxygen atoms in total. The monoisotopic (exact) mass is 302 g/mol. The van der Waals surface area contributed by atoms with Gasteiger partial charge in [0.1, 0.15) is 5.75 Å². The van der Waals surface area contributed by atoms with Gasteiger partial charge < -0.3 is 15.0 Å². The molecule has 1 fully saturated rings. The van der Waals surface area contributed by atoms with Crippen LogP contribution in [-0.4, -0.2) is 36.8 Å². The normalized spacial score (nSPS) is 18.6. The number of benzene rings is 1. The van der Waals surface area contributed by atoms with Gasteiger partial charge in [-0.2, -0.15) is 0 Å². The van der Waals surface area contributed by atoms with Crippen molar-refractivity contribution in [1.82, 2.24) is 10.2 Å². The van der Waals surface area contributed by atoms with Crippen LogP contribution in [0.2, 0.25) is 0 Å². The molecule has 1 atom stereocenters. The highest BCUT2D eigenvalue weighted by Crippen LogP contribution is 2.23. The maximum absolute atomic E-state index is 12.1. The van der Waals surface area contributed by atoms with Gasteiger partial charge in [-0.3, -0.25) is 4.79 Å². The van der Waals surface area contributed by atoms with Crippen LogP contribution in [0.5, 0.6) is 5.75 Å². The number of nitrogens with one attached hydrogen (secondary N) is 1. The van der Waals surface area contributed by atoms with Crippen LogP contribution in [0.15, 0.2) is 24.3 Å². The van der Waals surface area contributed by atoms with E-state index in [-0.39, 0.29) is 17.7 Å². The van der Waals surface area contributed by atoms with Crippen molar-refractivity contribution >= 4 is 5.91 Å². The van der Waals surface area contributed by atoms with E-state index >= 15 is 0 Å². The Kier molecular flexibility index (Phi) is 4.72. The standard InChI is InChI=1S/C14H17F3N2O2/c1-19(13(20)12-3-2-8-18-12)9-10-4-6-11(7-5-10)21-14(15,16)17/h4-7,12,18H,2-3,8-9H2,1H3. The van der Waals surface area contributed by atoms with Crippen LogP contribution in [0.1, 0.15) is 18.4 Å². The first kappa shape index (κ1) is 15.6. The third-order valence-electron chi connectivity index (χ3n) is 3.31. The molecular formula is C14H17F3N2O2. The molecule has 0 radical (unpaired) electrons. The number of likely N-dealkylation sites (N-methyl/N-ethyl adjacent to an activating group) is 1. The summed E-state index contributed by atoms with van der Waals surface area (Å²) >= 11 is 0. The van der Waals surface area contributed by atoms with Crippen molar-refractivity contribution in [3.8, 4) is 5.75 Å². The number of alkyl halides is 3. The van der Waals surface area contributed by atoms with Crippen molar-refractivity contribution in [1.29, 1.82) is 0 Å². The average molecular weight is 302 g/mol. The molecule has 116 valence electrons. The molecule has 1 aromatic carbocycles. The predicted octanol–water partition coefficient (Wildman–Crippen LogP) is 2.30. The molecule has 1 aromatic rings. The van der Waals surface area contributed by atoms with Gasteiger partial charge in [-0.25, -0.2) is 0 Å². The minimum atomic E-state index is -4.69. The van der Waals surface area contributed by atoms with E-state index in [2.05, 4.69) is 10.1 Å². The molecule has 1 aliphatic heterocycles. The van der Waals surface area contributed by atoms with Gasteiger partial charge in [0.05, 0.1) is 6.04 Å². The summed E-state index contributed by atoms with van der Waals surface area (Å²) in [5.74, 6) is -0.263. The number of carbonyl (C=O) groups excluding carboxylic acids is 1. The lowest BCUT2D eigenvalue weighted by Crippen LogP contribution is -2.41. The fraction of sp³-hybridized carbons (Fsp3) is 0.500. The van der Waals surface area contributed by atoms with Crippen LogP contribution in [0, 0.1) is 0 Å². The number of hydrogen-bond acceptors (Lipinski definition) is 3. The zero-order chi connectivity index (χ0) is 15.5. The summed E-state index contributed by atoms with van der Waals surface area (Å²) in [7, 11) is 1.68. The molecule has 1 unspecified atom stereocenters. The lowest BCUT2D eigenvalue weighted by atomic mass is 10.1. The molecule has 1 saturated heterocycles. The predicted molar refractivity (Wildman–Crippen MR) is 70.6 cm³/mol. The Morgan fingerprint density at radius 1 is 1.38 bits per heavy atom. The fourth-order valence-electron chi connectivity index (χ4n) is 2.31. The van der Waals surface area contributed by atoms with Crippen LogP contribution >= 0.6 is 0 Å². The van der Waals surface area contributed by atoms with Gasteiger partial charge >= 0.3 is 6.36 Å². The van der Waals surface area contributed by atoms with Gasteiger partial charge in [0, 0.05) is 13.6 Å². The average Bonchev–Trinajstić information content (AvgIpc) is 2.92. The quantitative estimate of drug-likeness (QED) is 0.928. The second kappa shape index (κ2) is 6.34. The molecular weight excluding hydrogens is 285 g/mol. The topological polar surface area (TPSA) is 41.6 Å². The highest BCUT2D eigenvalue weighted by atomic mass is 19.4. The Balaban J connectivity index is 1.91. The molecule has 2 rings (SSSR count). The number of ether oxygens (including phenoxy) is 1. The first-order valence-electron chi connectivity index (χ1n) is 6.68. The van der Waals surface area contributed by atoms with E-state index in [9.17, 15) is 18.0 Å². The van der Waals surface area contributed by atoms with Gasteiger partial charge in [-0.05, 0) is 37.1 Å². The van der Waals surface area contributed by atoms with Gasteiger partial charge in [0.15, 0.2) is 0 Å². The van der Waals surface area contributed by atoms with Gasteiger partial charge in [0.25, 0.3) is 0 Å². The SMILES string of the molecule is CN(Cc1ccc(OC(F)(F)F)cc1)C(=O)C1CCCN1. The molecule has 21 heavy (non-hydrogen) atoms. The van der Waals surface area contributed by atoms with Crippen LogP contribution in [0.3, 0.4) is 0 Å². The van der Waals surface area contributed by atoms with Crippen LogP contribution < -0.4 is 10.1 Å². The minimum Gasteiger partial charge on any atom is -0.406 e. The van der Waals surface area contributed by atoms with Crippen molar-refractivity contribution in [2.45, 2.75) is 31.8 Å². The smallest absolute Gasteiger partial charge is 0.406 e. The van der Waals surface area contributed by atoms with Crippen molar-refractivity contribution in [3.05, 3.63) is 29.8 Å². The summed E-state index contributed by atoms with van der Waals surface area (Å²) in [6, 6.07) is 5.38. The molecule has 0 spiro atoms. The van der Waals surface area contributed by atoms with Gasteiger partial charge in [-0.1, -0.05) is 12.1 Å². The Morgan fingerprint density at radius 2 is 2.05 bits per heavy atom. The van der Waals surface area contributed by atoms with Crippen molar-refractivity contribution < 1.29 is 22.7 Å². The number of nitrogens with zero attached hydrogens (tertiary/aromatic N) is 1. The maximum atomic E-state index is 12.1. The lowest BCUT2D eigenvalue weighted by Gasteiger charge is -2.21.